The first-order valence-electron chi connectivity index (χ1n) is 7.33. The molecule has 0 spiro atoms. The number of nitrogens with zero attached hydrogens (tertiary/aromatic N) is 1. The van der Waals surface area contributed by atoms with E-state index in [1.165, 1.54) is 0 Å². The molecule has 3 rings (SSSR count). The van der Waals surface area contributed by atoms with Gasteiger partial charge in [-0.1, -0.05) is 53.7 Å². The van der Waals surface area contributed by atoms with E-state index in [4.69, 9.17) is 9.57 Å². The number of benzene rings is 2. The van der Waals surface area contributed by atoms with Gasteiger partial charge in [-0.15, -0.1) is 0 Å². The number of oxime groups is 1. The maximum Gasteiger partial charge on any atom is 0.350 e. The Balaban J connectivity index is 1.78. The van der Waals surface area contributed by atoms with Crippen molar-refractivity contribution in [1.82, 2.24) is 0 Å². The van der Waals surface area contributed by atoms with Gasteiger partial charge in [0.2, 0.25) is 6.10 Å². The second kappa shape index (κ2) is 6.43. The monoisotopic (exact) mass is 295 g/mol. The van der Waals surface area contributed by atoms with Crippen LogP contribution in [0.4, 0.5) is 0 Å². The molecule has 4 heteroatoms. The van der Waals surface area contributed by atoms with Crippen LogP contribution in [0.15, 0.2) is 59.8 Å². The molecule has 0 bridgehead atoms. The van der Waals surface area contributed by atoms with Crippen LogP contribution in [0.3, 0.4) is 0 Å². The Labute approximate surface area is 129 Å². The van der Waals surface area contributed by atoms with Crippen molar-refractivity contribution in [3.05, 3.63) is 60.2 Å². The van der Waals surface area contributed by atoms with Crippen molar-refractivity contribution in [3.63, 3.8) is 0 Å². The molecule has 1 heterocycles. The van der Waals surface area contributed by atoms with Crippen molar-refractivity contribution in [1.29, 1.82) is 0 Å². The molecule has 0 saturated heterocycles. The van der Waals surface area contributed by atoms with Crippen molar-refractivity contribution in [2.24, 2.45) is 5.16 Å². The standard InChI is InChI=1S/C18H17NO3/c1-2-21-18(20)17-12-16(19-22-17)15-10-6-9-14(11-15)13-7-4-3-5-8-13/h3-11,17H,2,12H2,1H3. The highest BCUT2D eigenvalue weighted by molar-refractivity contribution is 6.04. The van der Waals surface area contributed by atoms with Crippen molar-refractivity contribution < 1.29 is 14.4 Å². The summed E-state index contributed by atoms with van der Waals surface area (Å²) in [5, 5.41) is 4.04. The summed E-state index contributed by atoms with van der Waals surface area (Å²) in [6.45, 7) is 2.12. The fraction of sp³-hybridized carbons (Fsp3) is 0.222. The molecule has 1 aliphatic rings. The van der Waals surface area contributed by atoms with Crippen LogP contribution in [-0.4, -0.2) is 24.4 Å². The summed E-state index contributed by atoms with van der Waals surface area (Å²) in [6.07, 6.45) is -0.188. The van der Waals surface area contributed by atoms with Crippen LogP contribution in [0.2, 0.25) is 0 Å². The Morgan fingerprint density at radius 1 is 1.14 bits per heavy atom. The van der Waals surface area contributed by atoms with Gasteiger partial charge in [-0.05, 0) is 24.1 Å². The summed E-state index contributed by atoms with van der Waals surface area (Å²) >= 11 is 0. The van der Waals surface area contributed by atoms with E-state index in [2.05, 4.69) is 29.4 Å². The third kappa shape index (κ3) is 3.01. The van der Waals surface area contributed by atoms with E-state index in [9.17, 15) is 4.79 Å². The first-order chi connectivity index (χ1) is 10.8. The molecule has 0 amide bonds. The molecule has 0 N–H and O–H groups in total. The van der Waals surface area contributed by atoms with E-state index < -0.39 is 6.10 Å². The lowest BCUT2D eigenvalue weighted by Crippen LogP contribution is -2.23. The molecule has 0 fully saturated rings. The number of carbonyl (C=O) groups excluding carboxylic acids is 1. The van der Waals surface area contributed by atoms with Crippen molar-refractivity contribution in [2.75, 3.05) is 6.61 Å². The van der Waals surface area contributed by atoms with Crippen LogP contribution in [0.1, 0.15) is 18.9 Å². The zero-order chi connectivity index (χ0) is 15.4. The molecule has 0 saturated carbocycles. The smallest absolute Gasteiger partial charge is 0.350 e. The van der Waals surface area contributed by atoms with Gasteiger partial charge >= 0.3 is 5.97 Å². The van der Waals surface area contributed by atoms with Gasteiger partial charge in [0.1, 0.15) is 0 Å². The number of ether oxygens (including phenoxy) is 1. The summed E-state index contributed by atoms with van der Waals surface area (Å²) in [6, 6.07) is 18.2. The van der Waals surface area contributed by atoms with Crippen LogP contribution in [-0.2, 0) is 14.4 Å². The van der Waals surface area contributed by atoms with Gasteiger partial charge in [-0.3, -0.25) is 0 Å². The van der Waals surface area contributed by atoms with E-state index >= 15 is 0 Å². The molecule has 2 aromatic carbocycles. The summed E-state index contributed by atoms with van der Waals surface area (Å²) in [7, 11) is 0. The molecule has 1 atom stereocenters. The highest BCUT2D eigenvalue weighted by atomic mass is 16.7. The Bertz CT molecular complexity index is 694. The van der Waals surface area contributed by atoms with E-state index in [1.54, 1.807) is 6.92 Å². The number of carbonyl (C=O) groups is 1. The number of hydrogen-bond donors (Lipinski definition) is 0. The third-order valence-corrected chi connectivity index (χ3v) is 3.52. The van der Waals surface area contributed by atoms with Crippen LogP contribution in [0.25, 0.3) is 11.1 Å². The molecule has 1 unspecified atom stereocenters. The fourth-order valence-corrected chi connectivity index (χ4v) is 2.42. The molecule has 1 aliphatic heterocycles. The van der Waals surface area contributed by atoms with Gasteiger partial charge in [0, 0.05) is 12.0 Å². The highest BCUT2D eigenvalue weighted by Crippen LogP contribution is 2.23. The summed E-state index contributed by atoms with van der Waals surface area (Å²) in [5.74, 6) is -0.361. The Kier molecular flexibility index (Phi) is 4.19. The fourth-order valence-electron chi connectivity index (χ4n) is 2.42. The quantitative estimate of drug-likeness (QED) is 0.812. The Morgan fingerprint density at radius 3 is 2.64 bits per heavy atom. The van der Waals surface area contributed by atoms with Crippen LogP contribution >= 0.6 is 0 Å². The van der Waals surface area contributed by atoms with Crippen LogP contribution in [0.5, 0.6) is 0 Å². The average molecular weight is 295 g/mol. The minimum atomic E-state index is -0.629. The minimum Gasteiger partial charge on any atom is -0.463 e. The molecule has 4 nitrogen and oxygen atoms in total. The van der Waals surface area contributed by atoms with Gasteiger partial charge in [-0.25, -0.2) is 4.79 Å². The topological polar surface area (TPSA) is 47.9 Å². The number of esters is 1. The van der Waals surface area contributed by atoms with Crippen molar-refractivity contribution in [3.8, 4) is 11.1 Å². The molecule has 0 radical (unpaired) electrons. The summed E-state index contributed by atoms with van der Waals surface area (Å²) in [4.78, 5) is 16.9. The van der Waals surface area contributed by atoms with E-state index in [-0.39, 0.29) is 5.97 Å². The minimum absolute atomic E-state index is 0.345. The first-order valence-corrected chi connectivity index (χ1v) is 7.33. The summed E-state index contributed by atoms with van der Waals surface area (Å²) < 4.78 is 4.97. The zero-order valence-corrected chi connectivity index (χ0v) is 12.4. The van der Waals surface area contributed by atoms with Gasteiger partial charge in [-0.2, -0.15) is 0 Å². The van der Waals surface area contributed by atoms with Gasteiger partial charge in [0.25, 0.3) is 0 Å². The Hall–Kier alpha value is -2.62. The van der Waals surface area contributed by atoms with E-state index in [0.29, 0.717) is 13.0 Å². The first kappa shape index (κ1) is 14.3. The number of hydrogen-bond acceptors (Lipinski definition) is 4. The van der Waals surface area contributed by atoms with Crippen LogP contribution < -0.4 is 0 Å². The molecular weight excluding hydrogens is 278 g/mol. The second-order valence-corrected chi connectivity index (χ2v) is 5.04. The maximum atomic E-state index is 11.7. The predicted molar refractivity (Wildman–Crippen MR) is 84.5 cm³/mol. The van der Waals surface area contributed by atoms with Gasteiger partial charge in [0.15, 0.2) is 0 Å². The van der Waals surface area contributed by atoms with Crippen molar-refractivity contribution in [2.45, 2.75) is 19.4 Å². The van der Waals surface area contributed by atoms with Crippen molar-refractivity contribution >= 4 is 11.7 Å². The highest BCUT2D eigenvalue weighted by Gasteiger charge is 2.30. The molecule has 22 heavy (non-hydrogen) atoms. The normalized spacial score (nSPS) is 16.8. The lowest BCUT2D eigenvalue weighted by atomic mass is 9.99. The molecule has 2 aromatic rings. The predicted octanol–water partition coefficient (Wildman–Crippen LogP) is 3.41. The molecular formula is C18H17NO3. The van der Waals surface area contributed by atoms with Crippen LogP contribution in [0, 0.1) is 0 Å². The molecule has 0 aromatic heterocycles. The second-order valence-electron chi connectivity index (χ2n) is 5.04. The molecule has 0 aliphatic carbocycles. The average Bonchev–Trinajstić information content (AvgIpc) is 3.06. The van der Waals surface area contributed by atoms with E-state index in [0.717, 1.165) is 22.4 Å². The lowest BCUT2D eigenvalue weighted by Gasteiger charge is -2.07. The largest absolute Gasteiger partial charge is 0.463 e. The zero-order valence-electron chi connectivity index (χ0n) is 12.4. The third-order valence-electron chi connectivity index (χ3n) is 3.52. The van der Waals surface area contributed by atoms with Gasteiger partial charge in [0.05, 0.1) is 12.3 Å². The van der Waals surface area contributed by atoms with E-state index in [1.807, 2.05) is 30.3 Å². The SMILES string of the molecule is CCOC(=O)C1CC(c2cccc(-c3ccccc3)c2)=NO1. The lowest BCUT2D eigenvalue weighted by molar-refractivity contribution is -0.154. The number of rotatable bonds is 4. The van der Waals surface area contributed by atoms with Gasteiger partial charge < -0.3 is 9.57 Å². The summed E-state index contributed by atoms with van der Waals surface area (Å²) in [5.41, 5.74) is 4.00. The Morgan fingerprint density at radius 2 is 1.86 bits per heavy atom. The molecule has 112 valence electrons. The maximum absolute atomic E-state index is 11.7.